The molecule has 0 bridgehead atoms. The monoisotopic (exact) mass is 438 g/mol. The van der Waals surface area contributed by atoms with E-state index in [1.165, 1.54) is 0 Å². The first-order valence-electron chi connectivity index (χ1n) is 10.1. The number of carbonyl (C=O) groups is 2. The van der Waals surface area contributed by atoms with Crippen LogP contribution in [0.3, 0.4) is 0 Å². The van der Waals surface area contributed by atoms with E-state index in [0.717, 1.165) is 33.8 Å². The number of nitrogens with one attached hydrogen (secondary N) is 1. The predicted octanol–water partition coefficient (Wildman–Crippen LogP) is 4.01. The molecule has 0 atom stereocenters. The molecule has 6 nitrogen and oxygen atoms in total. The van der Waals surface area contributed by atoms with E-state index >= 15 is 0 Å². The lowest BCUT2D eigenvalue weighted by atomic mass is 10.1. The second-order valence-electron chi connectivity index (χ2n) is 7.70. The summed E-state index contributed by atoms with van der Waals surface area (Å²) in [7, 11) is 3.38. The number of aryl methyl sites for hydroxylation is 2. The molecule has 3 rings (SSSR count). The molecular formula is C24H27ClN4O2. The van der Waals surface area contributed by atoms with Crippen molar-refractivity contribution in [2.45, 2.75) is 33.7 Å². The van der Waals surface area contributed by atoms with Crippen LogP contribution < -0.4 is 5.32 Å². The summed E-state index contributed by atoms with van der Waals surface area (Å²) in [5, 5.41) is 7.91. The summed E-state index contributed by atoms with van der Waals surface area (Å²) in [5.74, 6) is -0.128. The van der Waals surface area contributed by atoms with Crippen LogP contribution in [0.4, 0.5) is 0 Å². The minimum absolute atomic E-state index is 0.00284. The van der Waals surface area contributed by atoms with Gasteiger partial charge in [-0.1, -0.05) is 29.8 Å². The van der Waals surface area contributed by atoms with Gasteiger partial charge < -0.3 is 10.2 Å². The van der Waals surface area contributed by atoms with E-state index in [0.29, 0.717) is 17.1 Å². The molecule has 3 aromatic rings. The van der Waals surface area contributed by atoms with Gasteiger partial charge in [-0.2, -0.15) is 5.10 Å². The van der Waals surface area contributed by atoms with Crippen molar-refractivity contribution in [1.29, 1.82) is 0 Å². The quantitative estimate of drug-likeness (QED) is 0.632. The Labute approximate surface area is 187 Å². The van der Waals surface area contributed by atoms with Gasteiger partial charge in [-0.05, 0) is 56.2 Å². The Morgan fingerprint density at radius 3 is 2.39 bits per heavy atom. The molecule has 162 valence electrons. The summed E-state index contributed by atoms with van der Waals surface area (Å²) in [4.78, 5) is 26.3. The largest absolute Gasteiger partial charge is 0.355 e. The highest BCUT2D eigenvalue weighted by Crippen LogP contribution is 2.23. The lowest BCUT2D eigenvalue weighted by Crippen LogP contribution is -2.28. The summed E-state index contributed by atoms with van der Waals surface area (Å²) < 4.78 is 1.83. The van der Waals surface area contributed by atoms with Crippen molar-refractivity contribution < 1.29 is 9.59 Å². The Bertz CT molecular complexity index is 1120. The maximum absolute atomic E-state index is 12.9. The second-order valence-corrected chi connectivity index (χ2v) is 8.10. The van der Waals surface area contributed by atoms with Crippen LogP contribution in [0.5, 0.6) is 0 Å². The molecule has 2 amide bonds. The number of halogens is 1. The van der Waals surface area contributed by atoms with Crippen molar-refractivity contribution in [3.8, 4) is 5.69 Å². The molecule has 0 fully saturated rings. The topological polar surface area (TPSA) is 67.2 Å². The zero-order chi connectivity index (χ0) is 22.7. The molecule has 1 N–H and O–H groups in total. The third kappa shape index (κ3) is 4.97. The number of hydrogen-bond donors (Lipinski definition) is 1. The molecule has 0 aliphatic carbocycles. The fourth-order valence-corrected chi connectivity index (χ4v) is 3.62. The van der Waals surface area contributed by atoms with E-state index < -0.39 is 0 Å². The Kier molecular flexibility index (Phi) is 6.81. The van der Waals surface area contributed by atoms with Gasteiger partial charge in [-0.3, -0.25) is 9.59 Å². The Morgan fingerprint density at radius 2 is 1.77 bits per heavy atom. The lowest BCUT2D eigenvalue weighted by molar-refractivity contribution is -0.129. The van der Waals surface area contributed by atoms with Crippen LogP contribution in [-0.2, 0) is 17.8 Å². The molecule has 1 heterocycles. The van der Waals surface area contributed by atoms with E-state index in [2.05, 4.69) is 10.4 Å². The average molecular weight is 439 g/mol. The molecule has 0 saturated carbocycles. The normalized spacial score (nSPS) is 10.8. The fraction of sp³-hybridized carbons (Fsp3) is 0.292. The van der Waals surface area contributed by atoms with E-state index in [4.69, 9.17) is 11.6 Å². The first kappa shape index (κ1) is 22.6. The van der Waals surface area contributed by atoms with Crippen molar-refractivity contribution in [2.24, 2.45) is 0 Å². The van der Waals surface area contributed by atoms with E-state index in [1.54, 1.807) is 31.1 Å². The number of rotatable bonds is 6. The maximum atomic E-state index is 12.9. The van der Waals surface area contributed by atoms with Crippen LogP contribution in [-0.4, -0.2) is 40.6 Å². The van der Waals surface area contributed by atoms with Gasteiger partial charge in [-0.15, -0.1) is 0 Å². The standard InChI is InChI=1S/C24H27ClN4O2/c1-15-6-11-20(12-22(15)25)29-17(3)21(16(2)27-29)13-23(30)28(5)14-18-7-9-19(10-8-18)24(31)26-4/h6-12H,13-14H2,1-5H3,(H,26,31). The molecule has 0 aliphatic heterocycles. The Hall–Kier alpha value is -3.12. The zero-order valence-electron chi connectivity index (χ0n) is 18.5. The molecule has 31 heavy (non-hydrogen) atoms. The van der Waals surface area contributed by atoms with Crippen LogP contribution >= 0.6 is 11.6 Å². The molecular weight excluding hydrogens is 412 g/mol. The highest BCUT2D eigenvalue weighted by molar-refractivity contribution is 6.31. The van der Waals surface area contributed by atoms with Gasteiger partial charge in [0.05, 0.1) is 17.8 Å². The summed E-state index contributed by atoms with van der Waals surface area (Å²) in [6.45, 7) is 6.30. The fourth-order valence-electron chi connectivity index (χ4n) is 3.45. The highest BCUT2D eigenvalue weighted by atomic mass is 35.5. The zero-order valence-corrected chi connectivity index (χ0v) is 19.2. The molecule has 1 aromatic heterocycles. The van der Waals surface area contributed by atoms with Crippen molar-refractivity contribution >= 4 is 23.4 Å². The van der Waals surface area contributed by atoms with E-state index in [9.17, 15) is 9.59 Å². The van der Waals surface area contributed by atoms with Crippen molar-refractivity contribution in [1.82, 2.24) is 20.0 Å². The lowest BCUT2D eigenvalue weighted by Gasteiger charge is -2.18. The number of carbonyl (C=O) groups excluding carboxylic acids is 2. The summed E-state index contributed by atoms with van der Waals surface area (Å²) in [6.07, 6.45) is 0.268. The van der Waals surface area contributed by atoms with Gasteiger partial charge in [0.1, 0.15) is 0 Å². The van der Waals surface area contributed by atoms with Crippen molar-refractivity contribution in [3.63, 3.8) is 0 Å². The van der Waals surface area contributed by atoms with Gasteiger partial charge in [0.15, 0.2) is 0 Å². The number of benzene rings is 2. The van der Waals surface area contributed by atoms with Crippen molar-refractivity contribution in [2.75, 3.05) is 14.1 Å². The van der Waals surface area contributed by atoms with Gasteiger partial charge in [-0.25, -0.2) is 4.68 Å². The number of nitrogens with zero attached hydrogens (tertiary/aromatic N) is 3. The second kappa shape index (κ2) is 9.35. The van der Waals surface area contributed by atoms with Gasteiger partial charge in [0.2, 0.25) is 5.91 Å². The number of aromatic nitrogens is 2. The maximum Gasteiger partial charge on any atom is 0.251 e. The number of amides is 2. The first-order valence-corrected chi connectivity index (χ1v) is 10.5. The Balaban J connectivity index is 1.73. The van der Waals surface area contributed by atoms with Gasteiger partial charge in [0, 0.05) is 42.5 Å². The van der Waals surface area contributed by atoms with Crippen molar-refractivity contribution in [3.05, 3.63) is 81.1 Å². The molecule has 7 heteroatoms. The van der Waals surface area contributed by atoms with Crippen LogP contribution in [0.15, 0.2) is 42.5 Å². The smallest absolute Gasteiger partial charge is 0.251 e. The summed E-state index contributed by atoms with van der Waals surface area (Å²) >= 11 is 6.28. The van der Waals surface area contributed by atoms with Crippen LogP contribution in [0, 0.1) is 20.8 Å². The van der Waals surface area contributed by atoms with Gasteiger partial charge >= 0.3 is 0 Å². The first-order chi connectivity index (χ1) is 14.7. The molecule has 0 spiro atoms. The third-order valence-electron chi connectivity index (χ3n) is 5.46. The minimum atomic E-state index is -0.131. The molecule has 0 radical (unpaired) electrons. The number of likely N-dealkylation sites (N-methyl/N-ethyl adjacent to an activating group) is 1. The van der Waals surface area contributed by atoms with Crippen LogP contribution in [0.25, 0.3) is 5.69 Å². The van der Waals surface area contributed by atoms with Gasteiger partial charge in [0.25, 0.3) is 5.91 Å². The third-order valence-corrected chi connectivity index (χ3v) is 5.87. The number of hydrogen-bond acceptors (Lipinski definition) is 3. The van der Waals surface area contributed by atoms with E-state index in [1.807, 2.05) is 55.8 Å². The molecule has 0 saturated heterocycles. The minimum Gasteiger partial charge on any atom is -0.355 e. The highest BCUT2D eigenvalue weighted by Gasteiger charge is 2.19. The SMILES string of the molecule is CNC(=O)c1ccc(CN(C)C(=O)Cc2c(C)nn(-c3ccc(C)c(Cl)c3)c2C)cc1. The summed E-state index contributed by atoms with van der Waals surface area (Å²) in [6, 6.07) is 13.1. The van der Waals surface area contributed by atoms with Crippen LogP contribution in [0.2, 0.25) is 5.02 Å². The molecule has 0 unspecified atom stereocenters. The average Bonchev–Trinajstić information content (AvgIpc) is 3.03. The Morgan fingerprint density at radius 1 is 1.10 bits per heavy atom. The van der Waals surface area contributed by atoms with E-state index in [-0.39, 0.29) is 18.2 Å². The molecule has 0 aliphatic rings. The predicted molar refractivity (Wildman–Crippen MR) is 123 cm³/mol. The molecule has 2 aromatic carbocycles. The summed E-state index contributed by atoms with van der Waals surface area (Å²) in [5.41, 5.74) is 6.10. The van der Waals surface area contributed by atoms with Crippen LogP contribution in [0.1, 0.15) is 38.4 Å².